The fraction of sp³-hybridized carbons (Fsp3) is 0.571. The molecule has 0 aliphatic heterocycles. The zero-order chi connectivity index (χ0) is 13.2. The Morgan fingerprint density at radius 3 is 2.67 bits per heavy atom. The third kappa shape index (κ3) is 2.82. The van der Waals surface area contributed by atoms with Crippen molar-refractivity contribution in [3.63, 3.8) is 0 Å². The van der Waals surface area contributed by atoms with Crippen LogP contribution < -0.4 is 10.6 Å². The molecule has 0 aromatic heterocycles. The second-order valence-corrected chi connectivity index (χ2v) is 5.26. The summed E-state index contributed by atoms with van der Waals surface area (Å²) in [6.45, 7) is 0.876. The summed E-state index contributed by atoms with van der Waals surface area (Å²) in [7, 11) is 1.92. The van der Waals surface area contributed by atoms with Crippen LogP contribution in [-0.2, 0) is 6.54 Å². The molecule has 1 aliphatic carbocycles. The summed E-state index contributed by atoms with van der Waals surface area (Å²) in [5, 5.41) is 10.4. The summed E-state index contributed by atoms with van der Waals surface area (Å²) >= 11 is 0. The number of hydrogen-bond acceptors (Lipinski definition) is 3. The first-order valence-electron chi connectivity index (χ1n) is 6.46. The van der Waals surface area contributed by atoms with Gasteiger partial charge in [-0.3, -0.25) is 0 Å². The zero-order valence-corrected chi connectivity index (χ0v) is 10.8. The van der Waals surface area contributed by atoms with Crippen LogP contribution in [0.3, 0.4) is 0 Å². The van der Waals surface area contributed by atoms with Gasteiger partial charge in [0, 0.05) is 25.8 Å². The van der Waals surface area contributed by atoms with Gasteiger partial charge in [0.1, 0.15) is 5.82 Å². The van der Waals surface area contributed by atoms with Crippen molar-refractivity contribution in [1.29, 1.82) is 0 Å². The van der Waals surface area contributed by atoms with Gasteiger partial charge in [0.15, 0.2) is 0 Å². The topological polar surface area (TPSA) is 49.5 Å². The summed E-state index contributed by atoms with van der Waals surface area (Å²) in [6, 6.07) is 4.63. The molecule has 2 rings (SSSR count). The number of nitrogens with zero attached hydrogens (tertiary/aromatic N) is 1. The Bertz CT molecular complexity index is 416. The molecule has 1 fully saturated rings. The van der Waals surface area contributed by atoms with E-state index in [1.54, 1.807) is 6.07 Å². The molecule has 3 N–H and O–H groups in total. The lowest BCUT2D eigenvalue weighted by Gasteiger charge is -2.31. The summed E-state index contributed by atoms with van der Waals surface area (Å²) in [4.78, 5) is 1.98. The molecule has 1 aliphatic rings. The third-order valence-electron chi connectivity index (χ3n) is 3.74. The quantitative estimate of drug-likeness (QED) is 0.862. The van der Waals surface area contributed by atoms with Crippen LogP contribution >= 0.6 is 0 Å². The van der Waals surface area contributed by atoms with Crippen molar-refractivity contribution in [2.75, 3.05) is 18.5 Å². The van der Waals surface area contributed by atoms with Gasteiger partial charge in [-0.05, 0) is 36.6 Å². The lowest BCUT2D eigenvalue weighted by Crippen LogP contribution is -2.39. The first-order valence-corrected chi connectivity index (χ1v) is 6.46. The molecule has 1 aromatic rings. The smallest absolute Gasteiger partial charge is 0.123 e. The molecule has 0 amide bonds. The van der Waals surface area contributed by atoms with Crippen molar-refractivity contribution in [3.8, 4) is 0 Å². The lowest BCUT2D eigenvalue weighted by atomic mass is 10.0. The summed E-state index contributed by atoms with van der Waals surface area (Å²) < 4.78 is 13.2. The van der Waals surface area contributed by atoms with Crippen LogP contribution in [0.4, 0.5) is 10.1 Å². The fourth-order valence-electron chi connectivity index (χ4n) is 2.81. The number of anilines is 1. The predicted molar refractivity (Wildman–Crippen MR) is 71.0 cm³/mol. The number of benzene rings is 1. The third-order valence-corrected chi connectivity index (χ3v) is 3.74. The number of hydrogen-bond donors (Lipinski definition) is 2. The lowest BCUT2D eigenvalue weighted by molar-refractivity contribution is 0.0559. The average Bonchev–Trinajstić information content (AvgIpc) is 2.75. The highest BCUT2D eigenvalue weighted by molar-refractivity contribution is 5.53. The average molecular weight is 252 g/mol. The number of rotatable bonds is 4. The highest BCUT2D eigenvalue weighted by Crippen LogP contribution is 2.32. The minimum atomic E-state index is -0.602. The van der Waals surface area contributed by atoms with Gasteiger partial charge in [-0.15, -0.1) is 0 Å². The normalized spacial score (nSPS) is 18.0. The van der Waals surface area contributed by atoms with E-state index >= 15 is 0 Å². The number of nitrogens with two attached hydrogens (primary N) is 1. The Morgan fingerprint density at radius 2 is 2.06 bits per heavy atom. The highest BCUT2D eigenvalue weighted by Gasteiger charge is 2.32. The molecule has 18 heavy (non-hydrogen) atoms. The molecule has 0 spiro atoms. The monoisotopic (exact) mass is 252 g/mol. The van der Waals surface area contributed by atoms with Crippen LogP contribution in [0.5, 0.6) is 0 Å². The van der Waals surface area contributed by atoms with Crippen LogP contribution in [0.2, 0.25) is 0 Å². The van der Waals surface area contributed by atoms with E-state index in [4.69, 9.17) is 5.73 Å². The highest BCUT2D eigenvalue weighted by atomic mass is 19.1. The van der Waals surface area contributed by atoms with Crippen LogP contribution in [0.25, 0.3) is 0 Å². The second-order valence-electron chi connectivity index (χ2n) is 5.26. The van der Waals surface area contributed by atoms with Gasteiger partial charge in [0.2, 0.25) is 0 Å². The first-order chi connectivity index (χ1) is 8.54. The number of aliphatic hydroxyl groups is 1. The van der Waals surface area contributed by atoms with Gasteiger partial charge in [-0.1, -0.05) is 12.8 Å². The van der Waals surface area contributed by atoms with Gasteiger partial charge in [-0.2, -0.15) is 0 Å². The van der Waals surface area contributed by atoms with Crippen molar-refractivity contribution in [2.24, 2.45) is 5.73 Å². The number of likely N-dealkylation sites (N-methyl/N-ethyl adjacent to an activating group) is 1. The molecule has 1 aromatic carbocycles. The molecule has 0 radical (unpaired) electrons. The van der Waals surface area contributed by atoms with Gasteiger partial charge < -0.3 is 15.7 Å². The molecule has 0 heterocycles. The van der Waals surface area contributed by atoms with Crippen LogP contribution in [0.15, 0.2) is 18.2 Å². The van der Waals surface area contributed by atoms with E-state index in [0.29, 0.717) is 13.1 Å². The Labute approximate surface area is 107 Å². The van der Waals surface area contributed by atoms with E-state index < -0.39 is 5.60 Å². The van der Waals surface area contributed by atoms with Crippen LogP contribution in [0, 0.1) is 5.82 Å². The maximum Gasteiger partial charge on any atom is 0.123 e. The summed E-state index contributed by atoms with van der Waals surface area (Å²) in [5.74, 6) is -0.271. The summed E-state index contributed by atoms with van der Waals surface area (Å²) in [6.07, 6.45) is 3.85. The second kappa shape index (κ2) is 5.24. The molecule has 100 valence electrons. The maximum atomic E-state index is 13.2. The van der Waals surface area contributed by atoms with E-state index in [9.17, 15) is 9.50 Å². The molecular formula is C14H21FN2O. The van der Waals surface area contributed by atoms with Crippen molar-refractivity contribution in [3.05, 3.63) is 29.6 Å². The van der Waals surface area contributed by atoms with Crippen molar-refractivity contribution in [2.45, 2.75) is 37.8 Å². The van der Waals surface area contributed by atoms with Crippen LogP contribution in [0.1, 0.15) is 31.2 Å². The van der Waals surface area contributed by atoms with Gasteiger partial charge in [0.25, 0.3) is 0 Å². The molecule has 1 saturated carbocycles. The Balaban J connectivity index is 2.15. The Morgan fingerprint density at radius 1 is 1.39 bits per heavy atom. The minimum Gasteiger partial charge on any atom is -0.388 e. The van der Waals surface area contributed by atoms with Gasteiger partial charge in [0.05, 0.1) is 5.60 Å². The maximum absolute atomic E-state index is 13.2. The minimum absolute atomic E-state index is 0.271. The molecule has 0 saturated heterocycles. The molecular weight excluding hydrogens is 231 g/mol. The molecule has 0 unspecified atom stereocenters. The zero-order valence-electron chi connectivity index (χ0n) is 10.8. The molecule has 3 nitrogen and oxygen atoms in total. The van der Waals surface area contributed by atoms with Crippen molar-refractivity contribution >= 4 is 5.69 Å². The van der Waals surface area contributed by atoms with Crippen molar-refractivity contribution < 1.29 is 9.50 Å². The van der Waals surface area contributed by atoms with Gasteiger partial charge >= 0.3 is 0 Å². The van der Waals surface area contributed by atoms with E-state index in [2.05, 4.69) is 0 Å². The Hall–Kier alpha value is -1.13. The van der Waals surface area contributed by atoms with Gasteiger partial charge in [-0.25, -0.2) is 4.39 Å². The largest absolute Gasteiger partial charge is 0.388 e. The standard InChI is InChI=1S/C14H21FN2O/c1-17(10-14(18)6-2-3-7-14)13-5-4-12(15)8-11(13)9-16/h4-5,8,18H,2-3,6-7,9-10,16H2,1H3. The SMILES string of the molecule is CN(CC1(O)CCCC1)c1ccc(F)cc1CN. The van der Waals surface area contributed by atoms with E-state index in [1.807, 2.05) is 11.9 Å². The Kier molecular flexibility index (Phi) is 3.88. The molecule has 4 heteroatoms. The van der Waals surface area contributed by atoms with E-state index in [0.717, 1.165) is 36.9 Å². The van der Waals surface area contributed by atoms with E-state index in [-0.39, 0.29) is 5.82 Å². The molecule has 0 atom stereocenters. The van der Waals surface area contributed by atoms with E-state index in [1.165, 1.54) is 12.1 Å². The van der Waals surface area contributed by atoms with Crippen molar-refractivity contribution in [1.82, 2.24) is 0 Å². The summed E-state index contributed by atoms with van der Waals surface area (Å²) in [5.41, 5.74) is 6.72. The molecule has 0 bridgehead atoms. The van der Waals surface area contributed by atoms with Crippen LogP contribution in [-0.4, -0.2) is 24.3 Å². The first kappa shape index (κ1) is 13.3. The number of halogens is 1. The fourth-order valence-corrected chi connectivity index (χ4v) is 2.81. The predicted octanol–water partition coefficient (Wildman–Crippen LogP) is 2.03.